The van der Waals surface area contributed by atoms with Crippen molar-refractivity contribution in [3.8, 4) is 0 Å². The second-order valence-electron chi connectivity index (χ2n) is 12.8. The fourth-order valence-electron chi connectivity index (χ4n) is 6.02. The van der Waals surface area contributed by atoms with E-state index in [-0.39, 0.29) is 5.91 Å². The smallest absolute Gasteiger partial charge is 0.293 e. The summed E-state index contributed by atoms with van der Waals surface area (Å²) in [6.07, 6.45) is 11.2. The van der Waals surface area contributed by atoms with E-state index >= 15 is 0 Å². The normalized spacial score (nSPS) is 16.5. The summed E-state index contributed by atoms with van der Waals surface area (Å²) >= 11 is 7.71. The lowest BCUT2D eigenvalue weighted by Gasteiger charge is -2.39. The zero-order chi connectivity index (χ0) is 32.5. The summed E-state index contributed by atoms with van der Waals surface area (Å²) in [4.78, 5) is 26.8. The van der Waals surface area contributed by atoms with Crippen LogP contribution in [0.4, 0.5) is 5.69 Å². The van der Waals surface area contributed by atoms with Crippen LogP contribution in [0.15, 0.2) is 54.1 Å². The fraction of sp³-hybridized carbons (Fsp3) is 0.568. The number of piperazine rings is 1. The van der Waals surface area contributed by atoms with E-state index < -0.39 is 0 Å². The minimum absolute atomic E-state index is 0.00697. The molecular formula is C37H54ClN3O3S. The molecule has 0 atom stereocenters. The number of ether oxygens (including phenoxy) is 1. The summed E-state index contributed by atoms with van der Waals surface area (Å²) in [5, 5.41) is 0.800. The molecule has 1 aliphatic carbocycles. The van der Waals surface area contributed by atoms with Gasteiger partial charge in [0.05, 0.1) is 6.61 Å². The van der Waals surface area contributed by atoms with E-state index in [0.717, 1.165) is 68.3 Å². The molecule has 1 fully saturated rings. The Bertz CT molecular complexity index is 1190. The van der Waals surface area contributed by atoms with Crippen molar-refractivity contribution in [3.05, 3.63) is 70.3 Å². The first-order valence-corrected chi connectivity index (χ1v) is 18.1. The molecule has 0 bridgehead atoms. The van der Waals surface area contributed by atoms with Crippen LogP contribution in [0.2, 0.25) is 5.02 Å². The molecule has 2 aromatic carbocycles. The largest absolute Gasteiger partial charge is 0.468 e. The number of hydrogen-bond acceptors (Lipinski definition) is 6. The molecule has 4 rings (SSSR count). The van der Waals surface area contributed by atoms with Gasteiger partial charge >= 0.3 is 0 Å². The summed E-state index contributed by atoms with van der Waals surface area (Å²) in [5.74, 6) is 0.989. The summed E-state index contributed by atoms with van der Waals surface area (Å²) in [5.41, 5.74) is 6.75. The summed E-state index contributed by atoms with van der Waals surface area (Å²) in [6.45, 7) is 14.9. The highest BCUT2D eigenvalue weighted by molar-refractivity contribution is 7.97. The number of benzene rings is 2. The third kappa shape index (κ3) is 13.0. The van der Waals surface area contributed by atoms with Crippen molar-refractivity contribution in [1.82, 2.24) is 9.62 Å². The van der Waals surface area contributed by atoms with Gasteiger partial charge in [0.25, 0.3) is 12.4 Å². The van der Waals surface area contributed by atoms with E-state index in [1.165, 1.54) is 55.3 Å². The maximum atomic E-state index is 12.6. The lowest BCUT2D eigenvalue weighted by Crippen LogP contribution is -2.47. The van der Waals surface area contributed by atoms with Gasteiger partial charge in [0.2, 0.25) is 0 Å². The SMILES string of the molecule is CCCCCCCCSNC(=O)c1ccc(N2CCN(CC3=C(c4ccc(Cl)cc4)CCC(C)(C)C3)CC2)cc1.CCOC=O. The summed E-state index contributed by atoms with van der Waals surface area (Å²) in [7, 11) is 0. The minimum Gasteiger partial charge on any atom is -0.468 e. The van der Waals surface area contributed by atoms with Crippen LogP contribution in [-0.4, -0.2) is 62.4 Å². The van der Waals surface area contributed by atoms with Crippen molar-refractivity contribution in [3.63, 3.8) is 0 Å². The van der Waals surface area contributed by atoms with Crippen molar-refractivity contribution in [2.75, 3.05) is 50.0 Å². The molecular weight excluding hydrogens is 602 g/mol. The first-order valence-electron chi connectivity index (χ1n) is 16.8. The van der Waals surface area contributed by atoms with Gasteiger partial charge in [0, 0.05) is 54.8 Å². The first-order chi connectivity index (χ1) is 21.8. The lowest BCUT2D eigenvalue weighted by molar-refractivity contribution is -0.128. The van der Waals surface area contributed by atoms with Crippen LogP contribution in [0.25, 0.3) is 5.57 Å². The number of nitrogens with zero attached hydrogens (tertiary/aromatic N) is 2. The molecule has 248 valence electrons. The number of allylic oxidation sites excluding steroid dienone is 1. The van der Waals surface area contributed by atoms with Crippen LogP contribution in [0.1, 0.15) is 101 Å². The Balaban J connectivity index is 0.00000102. The Morgan fingerprint density at radius 1 is 0.956 bits per heavy atom. The predicted octanol–water partition coefficient (Wildman–Crippen LogP) is 9.04. The molecule has 1 heterocycles. The number of hydrogen-bond donors (Lipinski definition) is 1. The van der Waals surface area contributed by atoms with Crippen LogP contribution in [0.5, 0.6) is 0 Å². The molecule has 1 saturated heterocycles. The molecule has 2 aromatic rings. The number of unbranched alkanes of at least 4 members (excludes halogenated alkanes) is 5. The van der Waals surface area contributed by atoms with Gasteiger partial charge in [-0.25, -0.2) is 0 Å². The number of anilines is 1. The highest BCUT2D eigenvalue weighted by atomic mass is 35.5. The summed E-state index contributed by atoms with van der Waals surface area (Å²) < 4.78 is 7.17. The number of carbonyl (C=O) groups excluding carboxylic acids is 2. The third-order valence-corrected chi connectivity index (χ3v) is 9.72. The highest BCUT2D eigenvalue weighted by Crippen LogP contribution is 2.42. The Kier molecular flexibility index (Phi) is 16.4. The van der Waals surface area contributed by atoms with E-state index in [4.69, 9.17) is 11.6 Å². The Labute approximate surface area is 281 Å². The maximum absolute atomic E-state index is 12.6. The monoisotopic (exact) mass is 655 g/mol. The number of nitrogens with one attached hydrogen (secondary N) is 1. The van der Waals surface area contributed by atoms with E-state index in [0.29, 0.717) is 18.5 Å². The van der Waals surface area contributed by atoms with Crippen molar-refractivity contribution in [1.29, 1.82) is 0 Å². The number of halogens is 1. The minimum atomic E-state index is 0.00697. The number of rotatable bonds is 15. The van der Waals surface area contributed by atoms with Crippen molar-refractivity contribution in [2.45, 2.75) is 85.5 Å². The van der Waals surface area contributed by atoms with Gasteiger partial charge in [-0.15, -0.1) is 0 Å². The van der Waals surface area contributed by atoms with Crippen molar-refractivity contribution >= 4 is 47.2 Å². The molecule has 0 spiro atoms. The molecule has 1 amide bonds. The molecule has 0 radical (unpaired) electrons. The number of amides is 1. The lowest BCUT2D eigenvalue weighted by atomic mass is 9.73. The Hall–Kier alpha value is -2.48. The van der Waals surface area contributed by atoms with Crippen LogP contribution in [-0.2, 0) is 9.53 Å². The van der Waals surface area contributed by atoms with Crippen molar-refractivity contribution in [2.24, 2.45) is 5.41 Å². The van der Waals surface area contributed by atoms with Gasteiger partial charge in [-0.1, -0.05) is 94.1 Å². The highest BCUT2D eigenvalue weighted by Gasteiger charge is 2.29. The van der Waals surface area contributed by atoms with E-state index in [9.17, 15) is 9.59 Å². The second-order valence-corrected chi connectivity index (χ2v) is 14.2. The van der Waals surface area contributed by atoms with Crippen LogP contribution in [0.3, 0.4) is 0 Å². The van der Waals surface area contributed by atoms with E-state index in [1.807, 2.05) is 24.3 Å². The molecule has 0 unspecified atom stereocenters. The molecule has 6 nitrogen and oxygen atoms in total. The van der Waals surface area contributed by atoms with Gasteiger partial charge in [-0.05, 0) is 85.6 Å². The van der Waals surface area contributed by atoms with E-state index in [2.05, 4.69) is 64.3 Å². The Morgan fingerprint density at radius 2 is 1.62 bits per heavy atom. The van der Waals surface area contributed by atoms with Gasteiger partial charge < -0.3 is 9.64 Å². The van der Waals surface area contributed by atoms with Gasteiger partial charge in [-0.3, -0.25) is 19.2 Å². The fourth-order valence-corrected chi connectivity index (χ4v) is 6.85. The first kappa shape index (κ1) is 37.0. The molecule has 0 aromatic heterocycles. The van der Waals surface area contributed by atoms with Gasteiger partial charge in [0.15, 0.2) is 0 Å². The van der Waals surface area contributed by atoms with Crippen LogP contribution < -0.4 is 9.62 Å². The zero-order valence-corrected chi connectivity index (χ0v) is 29.5. The van der Waals surface area contributed by atoms with Gasteiger partial charge in [-0.2, -0.15) is 0 Å². The topological polar surface area (TPSA) is 61.9 Å². The molecule has 45 heavy (non-hydrogen) atoms. The maximum Gasteiger partial charge on any atom is 0.293 e. The average molecular weight is 656 g/mol. The van der Waals surface area contributed by atoms with E-state index in [1.54, 1.807) is 24.4 Å². The zero-order valence-electron chi connectivity index (χ0n) is 27.9. The van der Waals surface area contributed by atoms with Gasteiger partial charge in [0.1, 0.15) is 0 Å². The molecule has 1 N–H and O–H groups in total. The average Bonchev–Trinajstić information content (AvgIpc) is 3.04. The van der Waals surface area contributed by atoms with Crippen molar-refractivity contribution < 1.29 is 14.3 Å². The quantitative estimate of drug-likeness (QED) is 0.117. The molecule has 0 saturated carbocycles. The second kappa shape index (κ2) is 19.9. The summed E-state index contributed by atoms with van der Waals surface area (Å²) in [6, 6.07) is 16.6. The predicted molar refractivity (Wildman–Crippen MR) is 192 cm³/mol. The van der Waals surface area contributed by atoms with Crippen LogP contribution in [0, 0.1) is 5.41 Å². The van der Waals surface area contributed by atoms with Crippen LogP contribution >= 0.6 is 23.5 Å². The molecule has 2 aliphatic rings. The Morgan fingerprint density at radius 3 is 2.24 bits per heavy atom. The molecule has 8 heteroatoms. The number of carbonyl (C=O) groups is 2. The standard InChI is InChI=1S/C34H48ClN3OS.C3H6O2/c1-4-5-6-7-8-9-24-40-36-33(39)28-12-16-31(17-13-28)38-22-20-37(21-23-38)26-29-25-34(2,3)19-18-32(29)27-10-14-30(35)15-11-27;1-2-5-3-4/h10-17H,4-9,18-26H2,1-3H3,(H,36,39);3H,2H2,1H3. The third-order valence-electron chi connectivity index (χ3n) is 8.64. The molecule has 1 aliphatic heterocycles.